The fourth-order valence-electron chi connectivity index (χ4n) is 1.09. The normalized spacial score (nSPS) is 13.6. The van der Waals surface area contributed by atoms with Gasteiger partial charge >= 0.3 is 0 Å². The molecule has 1 heterocycles. The van der Waals surface area contributed by atoms with Gasteiger partial charge in [-0.25, -0.2) is 0 Å². The molecule has 1 aromatic heterocycles. The van der Waals surface area contributed by atoms with Crippen molar-refractivity contribution in [3.05, 3.63) is 20.8 Å². The van der Waals surface area contributed by atoms with E-state index >= 15 is 0 Å². The minimum absolute atomic E-state index is 0.0226. The molecule has 0 bridgehead atoms. The maximum atomic E-state index is 5.68. The Morgan fingerprint density at radius 1 is 1.62 bits per heavy atom. The Hall–Kier alpha value is 0.100. The van der Waals surface area contributed by atoms with Crippen LogP contribution in [-0.4, -0.2) is 12.6 Å². The molecule has 0 fully saturated rings. The summed E-state index contributed by atoms with van der Waals surface area (Å²) in [6, 6.07) is 2.02. The smallest absolute Gasteiger partial charge is 0.105 e. The number of ether oxygens (including phenoxy) is 1. The monoisotopic (exact) mass is 263 g/mol. The second-order valence-electron chi connectivity index (χ2n) is 3.04. The minimum Gasteiger partial charge on any atom is -0.369 e. The van der Waals surface area contributed by atoms with Crippen molar-refractivity contribution in [3.8, 4) is 0 Å². The first-order chi connectivity index (χ1) is 6.15. The number of nitrogens with two attached hydrogens (primary N) is 1. The first-order valence-corrected chi connectivity index (χ1v) is 5.90. The van der Waals surface area contributed by atoms with E-state index in [9.17, 15) is 0 Å². The van der Waals surface area contributed by atoms with Gasteiger partial charge in [0.1, 0.15) is 6.10 Å². The fraction of sp³-hybridized carbons (Fsp3) is 0.556. The zero-order valence-electron chi connectivity index (χ0n) is 7.79. The number of rotatable bonds is 4. The lowest BCUT2D eigenvalue weighted by Crippen LogP contribution is -2.18. The molecule has 74 valence electrons. The van der Waals surface area contributed by atoms with Gasteiger partial charge in [-0.2, -0.15) is 0 Å². The van der Waals surface area contributed by atoms with Crippen molar-refractivity contribution in [3.63, 3.8) is 0 Å². The number of thiophene rings is 1. The summed E-state index contributed by atoms with van der Waals surface area (Å²) in [5.74, 6) is 0. The Morgan fingerprint density at radius 2 is 2.31 bits per heavy atom. The molecule has 0 amide bonds. The molecule has 0 aromatic carbocycles. The van der Waals surface area contributed by atoms with Crippen molar-refractivity contribution < 1.29 is 4.74 Å². The summed E-state index contributed by atoms with van der Waals surface area (Å²) in [6.45, 7) is 4.56. The van der Waals surface area contributed by atoms with Gasteiger partial charge in [0.25, 0.3) is 0 Å². The first kappa shape index (κ1) is 11.2. The van der Waals surface area contributed by atoms with Crippen LogP contribution in [0.4, 0.5) is 0 Å². The minimum atomic E-state index is 0.0226. The quantitative estimate of drug-likeness (QED) is 0.907. The van der Waals surface area contributed by atoms with E-state index in [1.165, 1.54) is 4.88 Å². The summed E-state index contributed by atoms with van der Waals surface area (Å²) in [5.41, 5.74) is 5.64. The van der Waals surface area contributed by atoms with Crippen LogP contribution in [0.25, 0.3) is 0 Å². The molecule has 0 radical (unpaired) electrons. The van der Waals surface area contributed by atoms with Crippen molar-refractivity contribution in [2.75, 3.05) is 6.54 Å². The van der Waals surface area contributed by atoms with Crippen LogP contribution >= 0.6 is 27.3 Å². The highest BCUT2D eigenvalue weighted by Crippen LogP contribution is 2.31. The fourth-order valence-corrected chi connectivity index (χ4v) is 2.77. The van der Waals surface area contributed by atoms with E-state index in [-0.39, 0.29) is 12.2 Å². The van der Waals surface area contributed by atoms with Crippen LogP contribution in [0.3, 0.4) is 0 Å². The second-order valence-corrected chi connectivity index (χ2v) is 4.84. The Bertz CT molecular complexity index is 262. The highest BCUT2D eigenvalue weighted by Gasteiger charge is 2.15. The molecule has 0 aliphatic carbocycles. The SMILES string of the molecule is CC(C)OC(CN)c1sccc1Br. The van der Waals surface area contributed by atoms with Gasteiger partial charge in [0.2, 0.25) is 0 Å². The molecule has 4 heteroatoms. The van der Waals surface area contributed by atoms with E-state index in [0.717, 1.165) is 4.47 Å². The lowest BCUT2D eigenvalue weighted by molar-refractivity contribution is 0.0136. The third-order valence-corrected chi connectivity index (χ3v) is 3.55. The van der Waals surface area contributed by atoms with Gasteiger partial charge in [-0.3, -0.25) is 0 Å². The topological polar surface area (TPSA) is 35.2 Å². The molecule has 1 unspecified atom stereocenters. The van der Waals surface area contributed by atoms with Gasteiger partial charge in [-0.1, -0.05) is 0 Å². The first-order valence-electron chi connectivity index (χ1n) is 4.23. The predicted octanol–water partition coefficient (Wildman–Crippen LogP) is 2.94. The summed E-state index contributed by atoms with van der Waals surface area (Å²) >= 11 is 5.14. The third-order valence-electron chi connectivity index (χ3n) is 1.59. The highest BCUT2D eigenvalue weighted by atomic mass is 79.9. The van der Waals surface area contributed by atoms with Gasteiger partial charge in [0.05, 0.1) is 6.10 Å². The van der Waals surface area contributed by atoms with E-state index < -0.39 is 0 Å². The van der Waals surface area contributed by atoms with Crippen LogP contribution in [-0.2, 0) is 4.74 Å². The molecule has 1 aromatic rings. The molecule has 0 aliphatic rings. The van der Waals surface area contributed by atoms with Crippen LogP contribution in [0.2, 0.25) is 0 Å². The highest BCUT2D eigenvalue weighted by molar-refractivity contribution is 9.10. The zero-order chi connectivity index (χ0) is 9.84. The Labute approximate surface area is 91.2 Å². The lowest BCUT2D eigenvalue weighted by atomic mass is 10.3. The number of halogens is 1. The molecule has 0 saturated carbocycles. The third kappa shape index (κ3) is 3.06. The average molecular weight is 264 g/mol. The van der Waals surface area contributed by atoms with Crippen LogP contribution < -0.4 is 5.73 Å². The second kappa shape index (κ2) is 5.10. The molecule has 2 nitrogen and oxygen atoms in total. The van der Waals surface area contributed by atoms with Crippen molar-refractivity contribution in [1.29, 1.82) is 0 Å². The van der Waals surface area contributed by atoms with E-state index in [2.05, 4.69) is 15.9 Å². The van der Waals surface area contributed by atoms with E-state index in [1.807, 2.05) is 25.3 Å². The van der Waals surface area contributed by atoms with Crippen molar-refractivity contribution in [2.45, 2.75) is 26.1 Å². The zero-order valence-corrected chi connectivity index (χ0v) is 10.2. The molecule has 1 rings (SSSR count). The van der Waals surface area contributed by atoms with Gasteiger partial charge in [-0.15, -0.1) is 11.3 Å². The molecule has 0 spiro atoms. The van der Waals surface area contributed by atoms with Crippen LogP contribution in [0.15, 0.2) is 15.9 Å². The molecule has 1 atom stereocenters. The van der Waals surface area contributed by atoms with E-state index in [4.69, 9.17) is 10.5 Å². The largest absolute Gasteiger partial charge is 0.369 e. The molecule has 13 heavy (non-hydrogen) atoms. The Balaban J connectivity index is 2.72. The summed E-state index contributed by atoms with van der Waals surface area (Å²) in [6.07, 6.45) is 0.233. The van der Waals surface area contributed by atoms with Crippen molar-refractivity contribution >= 4 is 27.3 Å². The maximum Gasteiger partial charge on any atom is 0.105 e. The lowest BCUT2D eigenvalue weighted by Gasteiger charge is -2.17. The molecular formula is C9H14BrNOS. The van der Waals surface area contributed by atoms with Gasteiger partial charge in [0.15, 0.2) is 0 Å². The summed E-state index contributed by atoms with van der Waals surface area (Å²) in [5, 5.41) is 2.03. The maximum absolute atomic E-state index is 5.68. The Kier molecular flexibility index (Phi) is 4.38. The Morgan fingerprint density at radius 3 is 2.69 bits per heavy atom. The van der Waals surface area contributed by atoms with Crippen LogP contribution in [0.1, 0.15) is 24.8 Å². The van der Waals surface area contributed by atoms with Crippen molar-refractivity contribution in [2.24, 2.45) is 5.73 Å². The standard InChI is InChI=1S/C9H14BrNOS/c1-6(2)12-8(5-11)9-7(10)3-4-13-9/h3-4,6,8H,5,11H2,1-2H3. The van der Waals surface area contributed by atoms with Crippen LogP contribution in [0.5, 0.6) is 0 Å². The van der Waals surface area contributed by atoms with E-state index in [0.29, 0.717) is 6.54 Å². The number of hydrogen-bond donors (Lipinski definition) is 1. The summed E-state index contributed by atoms with van der Waals surface area (Å²) in [7, 11) is 0. The van der Waals surface area contributed by atoms with Crippen molar-refractivity contribution in [1.82, 2.24) is 0 Å². The summed E-state index contributed by atoms with van der Waals surface area (Å²) in [4.78, 5) is 1.18. The molecular weight excluding hydrogens is 250 g/mol. The number of hydrogen-bond acceptors (Lipinski definition) is 3. The molecule has 2 N–H and O–H groups in total. The van der Waals surface area contributed by atoms with Gasteiger partial charge in [-0.05, 0) is 41.2 Å². The van der Waals surface area contributed by atoms with Gasteiger partial charge < -0.3 is 10.5 Å². The summed E-state index contributed by atoms with van der Waals surface area (Å²) < 4.78 is 6.77. The average Bonchev–Trinajstić information content (AvgIpc) is 2.47. The molecule has 0 aliphatic heterocycles. The molecule has 0 saturated heterocycles. The van der Waals surface area contributed by atoms with E-state index in [1.54, 1.807) is 11.3 Å². The van der Waals surface area contributed by atoms with Crippen LogP contribution in [0, 0.1) is 0 Å². The predicted molar refractivity (Wildman–Crippen MR) is 60.0 cm³/mol. The van der Waals surface area contributed by atoms with Gasteiger partial charge in [0, 0.05) is 15.9 Å².